The number of hydrogen-bond acceptors (Lipinski definition) is 5. The number of aliphatic carboxylic acids is 1. The maximum atomic E-state index is 12.7. The lowest BCUT2D eigenvalue weighted by molar-refractivity contribution is -0.139. The monoisotopic (exact) mass is 562 g/mol. The van der Waals surface area contributed by atoms with E-state index in [1.54, 1.807) is 42.6 Å². The number of nitrogens with one attached hydrogen (secondary N) is 1. The van der Waals surface area contributed by atoms with Crippen LogP contribution < -0.4 is 14.8 Å². The van der Waals surface area contributed by atoms with Crippen LogP contribution >= 0.6 is 23.2 Å². The van der Waals surface area contributed by atoms with Crippen molar-refractivity contribution in [2.24, 2.45) is 0 Å². The molecule has 4 aromatic rings. The number of fused-ring (bicyclic) bond motifs is 1. The first kappa shape index (κ1) is 26.5. The van der Waals surface area contributed by atoms with Gasteiger partial charge in [0.15, 0.2) is 0 Å². The summed E-state index contributed by atoms with van der Waals surface area (Å²) in [4.78, 5) is 28.8. The molecule has 2 N–H and O–H groups in total. The van der Waals surface area contributed by atoms with Gasteiger partial charge in [0, 0.05) is 40.5 Å². The van der Waals surface area contributed by atoms with Crippen LogP contribution in [-0.4, -0.2) is 35.1 Å². The van der Waals surface area contributed by atoms with E-state index < -0.39 is 11.9 Å². The predicted molar refractivity (Wildman–Crippen MR) is 149 cm³/mol. The van der Waals surface area contributed by atoms with Gasteiger partial charge in [-0.25, -0.2) is 0 Å². The summed E-state index contributed by atoms with van der Waals surface area (Å²) in [5.74, 6) is -0.554. The first-order valence-corrected chi connectivity index (χ1v) is 13.1. The Labute approximate surface area is 235 Å². The van der Waals surface area contributed by atoms with Gasteiger partial charge in [-0.2, -0.15) is 0 Å². The topological polar surface area (TPSA) is 97.8 Å². The Hall–Kier alpha value is -4.07. The third-order valence-electron chi connectivity index (χ3n) is 6.45. The number of pyridine rings is 1. The smallest absolute Gasteiger partial charge is 0.311 e. The summed E-state index contributed by atoms with van der Waals surface area (Å²) >= 11 is 12.7. The maximum absolute atomic E-state index is 12.7. The molecule has 5 rings (SSSR count). The molecule has 7 nitrogen and oxygen atoms in total. The van der Waals surface area contributed by atoms with Crippen molar-refractivity contribution >= 4 is 35.1 Å². The lowest BCUT2D eigenvalue weighted by Crippen LogP contribution is -2.25. The van der Waals surface area contributed by atoms with E-state index in [4.69, 9.17) is 32.7 Å². The Balaban J connectivity index is 1.21. The first-order valence-electron chi connectivity index (χ1n) is 12.3. The molecule has 1 unspecified atom stereocenters. The molecule has 0 bridgehead atoms. The highest BCUT2D eigenvalue weighted by Gasteiger charge is 2.29. The van der Waals surface area contributed by atoms with Crippen molar-refractivity contribution < 1.29 is 24.2 Å². The van der Waals surface area contributed by atoms with Crippen LogP contribution in [0.25, 0.3) is 11.3 Å². The van der Waals surface area contributed by atoms with Crippen molar-refractivity contribution in [1.29, 1.82) is 0 Å². The molecule has 1 amide bonds. The molecule has 0 fully saturated rings. The summed E-state index contributed by atoms with van der Waals surface area (Å²) in [5.41, 5.74) is 3.63. The fraction of sp³-hybridized carbons (Fsp3) is 0.167. The molecule has 9 heteroatoms. The SMILES string of the molecule is O=C(NCCc1cccnc1-c1ccccc1Cl)c1ccc(Oc2cc3c(cc2Cl)C(C(=O)O)CCO3)cc1. The Morgan fingerprint density at radius 2 is 1.82 bits per heavy atom. The largest absolute Gasteiger partial charge is 0.493 e. The standard InChI is InChI=1S/C30H24Cl2N2O5/c31-24-6-2-1-5-22(24)28-18(4-3-13-33-28)11-14-34-29(35)19-7-9-20(10-8-19)39-27-17-26-23(16-25(27)32)21(30(36)37)12-15-38-26/h1-10,13,16-17,21H,11-12,14-15H2,(H,34,35)(H,36,37). The molecular formula is C30H24Cl2N2O5. The fourth-order valence-corrected chi connectivity index (χ4v) is 4.91. The minimum Gasteiger partial charge on any atom is -0.493 e. The third kappa shape index (κ3) is 6.00. The number of benzene rings is 3. The quantitative estimate of drug-likeness (QED) is 0.246. The molecular weight excluding hydrogens is 539 g/mol. The Morgan fingerprint density at radius 1 is 1.03 bits per heavy atom. The van der Waals surface area contributed by atoms with Gasteiger partial charge in [0.25, 0.3) is 5.91 Å². The van der Waals surface area contributed by atoms with E-state index >= 15 is 0 Å². The predicted octanol–water partition coefficient (Wildman–Crippen LogP) is 6.77. The normalized spacial score (nSPS) is 14.2. The van der Waals surface area contributed by atoms with E-state index in [-0.39, 0.29) is 10.9 Å². The molecule has 2 heterocycles. The van der Waals surface area contributed by atoms with Crippen LogP contribution in [0.15, 0.2) is 79.0 Å². The Bertz CT molecular complexity index is 1520. The number of ether oxygens (including phenoxy) is 2. The van der Waals surface area contributed by atoms with E-state index in [1.165, 1.54) is 0 Å². The second-order valence-corrected chi connectivity index (χ2v) is 9.79. The molecule has 39 heavy (non-hydrogen) atoms. The molecule has 0 spiro atoms. The van der Waals surface area contributed by atoms with Crippen molar-refractivity contribution in [2.45, 2.75) is 18.8 Å². The minimum atomic E-state index is -0.917. The van der Waals surface area contributed by atoms with E-state index in [0.717, 1.165) is 16.8 Å². The number of carbonyl (C=O) groups excluding carboxylic acids is 1. The number of carboxylic acid groups (broad SMARTS) is 1. The number of nitrogens with zero attached hydrogens (tertiary/aromatic N) is 1. The highest BCUT2D eigenvalue weighted by Crippen LogP contribution is 2.41. The molecule has 1 aromatic heterocycles. The molecule has 1 aliphatic heterocycles. The van der Waals surface area contributed by atoms with Gasteiger partial charge in [-0.1, -0.05) is 47.5 Å². The van der Waals surface area contributed by atoms with Gasteiger partial charge >= 0.3 is 5.97 Å². The van der Waals surface area contributed by atoms with Gasteiger partial charge in [0.05, 0.1) is 23.2 Å². The summed E-state index contributed by atoms with van der Waals surface area (Å²) in [7, 11) is 0. The summed E-state index contributed by atoms with van der Waals surface area (Å²) in [5, 5.41) is 13.3. The van der Waals surface area contributed by atoms with Crippen LogP contribution in [-0.2, 0) is 11.2 Å². The highest BCUT2D eigenvalue weighted by molar-refractivity contribution is 6.33. The second kappa shape index (κ2) is 11.8. The van der Waals surface area contributed by atoms with Gasteiger partial charge in [0.2, 0.25) is 0 Å². The lowest BCUT2D eigenvalue weighted by atomic mass is 9.93. The summed E-state index contributed by atoms with van der Waals surface area (Å²) in [6.45, 7) is 0.721. The zero-order chi connectivity index (χ0) is 27.4. The van der Waals surface area contributed by atoms with Crippen molar-refractivity contribution in [2.75, 3.05) is 13.2 Å². The molecule has 0 radical (unpaired) electrons. The van der Waals surface area contributed by atoms with Crippen molar-refractivity contribution in [1.82, 2.24) is 10.3 Å². The number of rotatable bonds is 8. The van der Waals surface area contributed by atoms with Gasteiger partial charge in [-0.3, -0.25) is 14.6 Å². The average Bonchev–Trinajstić information content (AvgIpc) is 2.94. The van der Waals surface area contributed by atoms with Crippen LogP contribution in [0.2, 0.25) is 10.0 Å². The van der Waals surface area contributed by atoms with Crippen LogP contribution in [0, 0.1) is 0 Å². The number of amides is 1. The van der Waals surface area contributed by atoms with Gasteiger partial charge in [0.1, 0.15) is 17.2 Å². The van der Waals surface area contributed by atoms with Gasteiger partial charge < -0.3 is 19.9 Å². The van der Waals surface area contributed by atoms with Crippen LogP contribution in [0.4, 0.5) is 0 Å². The van der Waals surface area contributed by atoms with Crippen molar-refractivity contribution in [3.8, 4) is 28.5 Å². The van der Waals surface area contributed by atoms with Gasteiger partial charge in [-0.15, -0.1) is 0 Å². The van der Waals surface area contributed by atoms with Crippen molar-refractivity contribution in [3.63, 3.8) is 0 Å². The minimum absolute atomic E-state index is 0.218. The summed E-state index contributed by atoms with van der Waals surface area (Å²) in [6, 6.07) is 21.2. The molecule has 0 saturated heterocycles. The number of aromatic nitrogens is 1. The number of carboxylic acids is 1. The second-order valence-electron chi connectivity index (χ2n) is 8.97. The van der Waals surface area contributed by atoms with E-state index in [1.807, 2.05) is 36.4 Å². The van der Waals surface area contributed by atoms with Crippen LogP contribution in [0.3, 0.4) is 0 Å². The number of hydrogen-bond donors (Lipinski definition) is 2. The highest BCUT2D eigenvalue weighted by atomic mass is 35.5. The zero-order valence-corrected chi connectivity index (χ0v) is 22.2. The molecule has 0 aliphatic carbocycles. The molecule has 1 aliphatic rings. The van der Waals surface area contributed by atoms with Crippen molar-refractivity contribution in [3.05, 3.63) is 106 Å². The summed E-state index contributed by atoms with van der Waals surface area (Å²) < 4.78 is 11.5. The zero-order valence-electron chi connectivity index (χ0n) is 20.7. The maximum Gasteiger partial charge on any atom is 0.311 e. The van der Waals surface area contributed by atoms with E-state index in [9.17, 15) is 14.7 Å². The number of halogens is 2. The van der Waals surface area contributed by atoms with E-state index in [2.05, 4.69) is 10.3 Å². The van der Waals surface area contributed by atoms with Crippen LogP contribution in [0.1, 0.15) is 33.8 Å². The lowest BCUT2D eigenvalue weighted by Gasteiger charge is -2.24. The number of carbonyl (C=O) groups is 2. The van der Waals surface area contributed by atoms with Crippen LogP contribution in [0.5, 0.6) is 17.2 Å². The molecule has 198 valence electrons. The Morgan fingerprint density at radius 3 is 2.59 bits per heavy atom. The Kier molecular flexibility index (Phi) is 8.00. The van der Waals surface area contributed by atoms with Gasteiger partial charge in [-0.05, 0) is 60.9 Å². The third-order valence-corrected chi connectivity index (χ3v) is 7.07. The fourth-order valence-electron chi connectivity index (χ4n) is 4.47. The average molecular weight is 563 g/mol. The molecule has 3 aromatic carbocycles. The van der Waals surface area contributed by atoms with E-state index in [0.29, 0.717) is 59.4 Å². The molecule has 0 saturated carbocycles. The molecule has 1 atom stereocenters. The summed E-state index contributed by atoms with van der Waals surface area (Å²) in [6.07, 6.45) is 2.69. The first-order chi connectivity index (χ1) is 18.9.